The summed E-state index contributed by atoms with van der Waals surface area (Å²) in [5.41, 5.74) is 4.79. The second-order valence-corrected chi connectivity index (χ2v) is 2.26. The predicted molar refractivity (Wildman–Crippen MR) is 36.7 cm³/mol. The zero-order valence-electron chi connectivity index (χ0n) is 6.84. The number of carbonyl (C=O) groups is 1. The summed E-state index contributed by atoms with van der Waals surface area (Å²) in [6.07, 6.45) is -7.79. The highest BCUT2D eigenvalue weighted by Gasteiger charge is 2.45. The van der Waals surface area contributed by atoms with Crippen molar-refractivity contribution in [2.75, 3.05) is 6.61 Å². The lowest BCUT2D eigenvalue weighted by molar-refractivity contribution is -0.213. The van der Waals surface area contributed by atoms with Crippen LogP contribution in [0.4, 0.5) is 13.2 Å². The molecule has 0 aromatic carbocycles. The highest BCUT2D eigenvalue weighted by atomic mass is 19.4. The van der Waals surface area contributed by atoms with Gasteiger partial charge in [0.15, 0.2) is 6.10 Å². The van der Waals surface area contributed by atoms with Crippen LogP contribution < -0.4 is 5.73 Å². The summed E-state index contributed by atoms with van der Waals surface area (Å²) in [5, 5.41) is 8.50. The van der Waals surface area contributed by atoms with Gasteiger partial charge in [0, 0.05) is 0 Å². The van der Waals surface area contributed by atoms with Gasteiger partial charge >= 0.3 is 12.1 Å². The van der Waals surface area contributed by atoms with Gasteiger partial charge in [-0.15, -0.1) is 0 Å². The van der Waals surface area contributed by atoms with Gasteiger partial charge in [0.2, 0.25) is 0 Å². The fourth-order valence-electron chi connectivity index (χ4n) is 0.571. The summed E-state index contributed by atoms with van der Waals surface area (Å²) in [6.45, 7) is 1.34. The molecule has 0 spiro atoms. The van der Waals surface area contributed by atoms with Gasteiger partial charge in [-0.05, 0) is 6.92 Å². The topological polar surface area (TPSA) is 72.5 Å². The molecule has 0 aliphatic carbocycles. The molecule has 3 N–H and O–H groups in total. The average molecular weight is 201 g/mol. The van der Waals surface area contributed by atoms with Crippen LogP contribution in [-0.2, 0) is 9.53 Å². The van der Waals surface area contributed by atoms with Gasteiger partial charge in [-0.1, -0.05) is 0 Å². The highest BCUT2D eigenvalue weighted by Crippen LogP contribution is 2.21. The maximum absolute atomic E-state index is 11.8. The molecule has 0 fully saturated rings. The minimum Gasteiger partial charge on any atom is -0.465 e. The van der Waals surface area contributed by atoms with Crippen molar-refractivity contribution in [2.45, 2.75) is 25.2 Å². The molecule has 0 aliphatic rings. The Labute approximate surface area is 72.5 Å². The van der Waals surface area contributed by atoms with Crippen LogP contribution >= 0.6 is 0 Å². The number of aliphatic hydroxyl groups is 1. The van der Waals surface area contributed by atoms with E-state index in [0.29, 0.717) is 0 Å². The lowest BCUT2D eigenvalue weighted by Gasteiger charge is -2.19. The van der Waals surface area contributed by atoms with E-state index in [4.69, 9.17) is 10.8 Å². The minimum atomic E-state index is -4.91. The first kappa shape index (κ1) is 12.2. The average Bonchev–Trinajstić information content (AvgIpc) is 2.00. The fourth-order valence-corrected chi connectivity index (χ4v) is 0.571. The monoisotopic (exact) mass is 201 g/mol. The number of ether oxygens (including phenoxy) is 1. The van der Waals surface area contributed by atoms with Crippen molar-refractivity contribution in [3.8, 4) is 0 Å². The SMILES string of the molecule is CCOC(=O)C(N)C(O)C(F)(F)F. The van der Waals surface area contributed by atoms with Gasteiger partial charge in [0.25, 0.3) is 0 Å². The quantitative estimate of drug-likeness (QED) is 0.620. The number of halogens is 3. The Kier molecular flexibility index (Phi) is 4.15. The van der Waals surface area contributed by atoms with E-state index in [-0.39, 0.29) is 6.61 Å². The number of hydrogen-bond donors (Lipinski definition) is 2. The zero-order chi connectivity index (χ0) is 10.6. The first-order valence-electron chi connectivity index (χ1n) is 3.47. The number of alkyl halides is 3. The third kappa shape index (κ3) is 3.60. The van der Waals surface area contributed by atoms with Gasteiger partial charge in [-0.25, -0.2) is 0 Å². The highest BCUT2D eigenvalue weighted by molar-refractivity contribution is 5.76. The van der Waals surface area contributed by atoms with E-state index in [2.05, 4.69) is 4.74 Å². The fraction of sp³-hybridized carbons (Fsp3) is 0.833. The van der Waals surface area contributed by atoms with Crippen LogP contribution in [-0.4, -0.2) is 36.0 Å². The summed E-state index contributed by atoms with van der Waals surface area (Å²) >= 11 is 0. The molecule has 0 rings (SSSR count). The lowest BCUT2D eigenvalue weighted by Crippen LogP contribution is -2.50. The maximum atomic E-state index is 11.8. The van der Waals surface area contributed by atoms with Crippen molar-refractivity contribution in [1.82, 2.24) is 0 Å². The Morgan fingerprint density at radius 3 is 2.38 bits per heavy atom. The first-order valence-corrected chi connectivity index (χ1v) is 3.47. The number of esters is 1. The number of carbonyl (C=O) groups excluding carboxylic acids is 1. The second kappa shape index (κ2) is 4.43. The number of hydrogen-bond acceptors (Lipinski definition) is 4. The molecular weight excluding hydrogens is 191 g/mol. The molecule has 7 heteroatoms. The zero-order valence-corrected chi connectivity index (χ0v) is 6.84. The number of aliphatic hydroxyl groups excluding tert-OH is 1. The molecule has 4 nitrogen and oxygen atoms in total. The molecule has 2 atom stereocenters. The summed E-state index contributed by atoms with van der Waals surface area (Å²) in [6, 6.07) is -2.08. The van der Waals surface area contributed by atoms with E-state index in [1.165, 1.54) is 6.92 Å². The van der Waals surface area contributed by atoms with Gasteiger partial charge in [-0.3, -0.25) is 4.79 Å². The van der Waals surface area contributed by atoms with Gasteiger partial charge in [-0.2, -0.15) is 13.2 Å². The van der Waals surface area contributed by atoms with Crippen molar-refractivity contribution in [2.24, 2.45) is 5.73 Å². The summed E-state index contributed by atoms with van der Waals surface area (Å²) in [4.78, 5) is 10.6. The van der Waals surface area contributed by atoms with Crippen molar-refractivity contribution >= 4 is 5.97 Å². The van der Waals surface area contributed by atoms with Crippen LogP contribution in [0.1, 0.15) is 6.92 Å². The van der Waals surface area contributed by atoms with Gasteiger partial charge < -0.3 is 15.6 Å². The minimum absolute atomic E-state index is 0.0862. The van der Waals surface area contributed by atoms with Gasteiger partial charge in [0.05, 0.1) is 6.61 Å². The standard InChI is InChI=1S/C6H10F3NO3/c1-2-13-5(12)3(10)4(11)6(7,8)9/h3-4,11H,2,10H2,1H3. The second-order valence-electron chi connectivity index (χ2n) is 2.26. The third-order valence-electron chi connectivity index (χ3n) is 1.23. The lowest BCUT2D eigenvalue weighted by atomic mass is 10.2. The van der Waals surface area contributed by atoms with E-state index < -0.39 is 24.3 Å². The molecular formula is C6H10F3NO3. The van der Waals surface area contributed by atoms with Crippen LogP contribution in [0, 0.1) is 0 Å². The summed E-state index contributed by atoms with van der Waals surface area (Å²) < 4.78 is 39.5. The first-order chi connectivity index (χ1) is 5.80. The predicted octanol–water partition coefficient (Wildman–Crippen LogP) is -0.200. The van der Waals surface area contributed by atoms with Crippen LogP contribution in [0.2, 0.25) is 0 Å². The molecule has 0 saturated heterocycles. The molecule has 0 amide bonds. The molecule has 0 aromatic rings. The molecule has 0 bridgehead atoms. The Balaban J connectivity index is 4.25. The van der Waals surface area contributed by atoms with E-state index >= 15 is 0 Å². The van der Waals surface area contributed by atoms with Crippen LogP contribution in [0.25, 0.3) is 0 Å². The van der Waals surface area contributed by atoms with Crippen molar-refractivity contribution in [3.05, 3.63) is 0 Å². The molecule has 0 radical (unpaired) electrons. The van der Waals surface area contributed by atoms with Crippen LogP contribution in [0.3, 0.4) is 0 Å². The normalized spacial score (nSPS) is 16.5. The number of nitrogens with two attached hydrogens (primary N) is 1. The Morgan fingerprint density at radius 2 is 2.08 bits per heavy atom. The van der Waals surface area contributed by atoms with E-state index in [0.717, 1.165) is 0 Å². The Morgan fingerprint density at radius 1 is 1.62 bits per heavy atom. The van der Waals surface area contributed by atoms with Crippen molar-refractivity contribution < 1.29 is 27.8 Å². The van der Waals surface area contributed by atoms with E-state index in [1.54, 1.807) is 0 Å². The largest absolute Gasteiger partial charge is 0.465 e. The molecule has 78 valence electrons. The Bertz CT molecular complexity index is 182. The molecule has 0 aliphatic heterocycles. The van der Waals surface area contributed by atoms with E-state index in [1.807, 2.05) is 0 Å². The van der Waals surface area contributed by atoms with Crippen LogP contribution in [0.15, 0.2) is 0 Å². The van der Waals surface area contributed by atoms with E-state index in [9.17, 15) is 18.0 Å². The molecule has 0 heterocycles. The third-order valence-corrected chi connectivity index (χ3v) is 1.23. The smallest absolute Gasteiger partial charge is 0.416 e. The summed E-state index contributed by atoms with van der Waals surface area (Å²) in [7, 11) is 0. The molecule has 0 saturated carbocycles. The molecule has 13 heavy (non-hydrogen) atoms. The van der Waals surface area contributed by atoms with Crippen LogP contribution in [0.5, 0.6) is 0 Å². The molecule has 2 unspecified atom stereocenters. The Hall–Kier alpha value is -0.820. The molecule has 0 aromatic heterocycles. The summed E-state index contributed by atoms with van der Waals surface area (Å²) in [5.74, 6) is -1.27. The van der Waals surface area contributed by atoms with Crippen molar-refractivity contribution in [1.29, 1.82) is 0 Å². The van der Waals surface area contributed by atoms with Crippen molar-refractivity contribution in [3.63, 3.8) is 0 Å². The van der Waals surface area contributed by atoms with Gasteiger partial charge in [0.1, 0.15) is 6.04 Å². The number of rotatable bonds is 3. The maximum Gasteiger partial charge on any atom is 0.416 e.